The third kappa shape index (κ3) is 12.7. The van der Waals surface area contributed by atoms with Gasteiger partial charge in [0.15, 0.2) is 0 Å². The number of carbonyl (C=O) groups is 1. The van der Waals surface area contributed by atoms with E-state index >= 15 is 0 Å². The van der Waals surface area contributed by atoms with Gasteiger partial charge in [0.05, 0.1) is 25.9 Å². The molecule has 0 saturated carbocycles. The number of rotatable bonds is 5. The molecule has 1 unspecified atom stereocenters. The summed E-state index contributed by atoms with van der Waals surface area (Å²) in [4.78, 5) is 10.4. The maximum atomic E-state index is 10.4. The fourth-order valence-corrected chi connectivity index (χ4v) is 0.808. The maximum absolute atomic E-state index is 10.4. The van der Waals surface area contributed by atoms with E-state index in [0.717, 1.165) is 0 Å². The van der Waals surface area contributed by atoms with Gasteiger partial charge in [-0.15, -0.1) is 0 Å². The third-order valence-corrected chi connectivity index (χ3v) is 1.52. The normalized spacial score (nSPS) is 13.8. The zero-order valence-electron chi connectivity index (χ0n) is 10.00. The second-order valence-electron chi connectivity index (χ2n) is 3.24. The first-order chi connectivity index (χ1) is 7.88. The summed E-state index contributed by atoms with van der Waals surface area (Å²) >= 11 is 0. The van der Waals surface area contributed by atoms with Crippen LogP contribution in [-0.2, 0) is 4.79 Å². The van der Waals surface area contributed by atoms with Crippen molar-refractivity contribution in [1.29, 1.82) is 0 Å². The molecule has 0 radical (unpaired) electrons. The SMILES string of the molecule is CC(=CC(O)CO)C=C(C)C(=O)O.OCCO. The average molecular weight is 248 g/mol. The number of carboxylic acids is 1. The van der Waals surface area contributed by atoms with Crippen LogP contribution in [-0.4, -0.2) is 57.4 Å². The summed E-state index contributed by atoms with van der Waals surface area (Å²) in [7, 11) is 0. The van der Waals surface area contributed by atoms with Gasteiger partial charge in [-0.1, -0.05) is 11.6 Å². The van der Waals surface area contributed by atoms with Crippen molar-refractivity contribution in [2.75, 3.05) is 19.8 Å². The first-order valence-corrected chi connectivity index (χ1v) is 4.99. The van der Waals surface area contributed by atoms with E-state index in [1.807, 2.05) is 0 Å². The Morgan fingerprint density at radius 1 is 1.18 bits per heavy atom. The predicted molar refractivity (Wildman–Crippen MR) is 62.4 cm³/mol. The first-order valence-electron chi connectivity index (χ1n) is 4.99. The Morgan fingerprint density at radius 2 is 1.65 bits per heavy atom. The van der Waals surface area contributed by atoms with Crippen LogP contribution in [0.3, 0.4) is 0 Å². The van der Waals surface area contributed by atoms with Gasteiger partial charge < -0.3 is 25.5 Å². The summed E-state index contributed by atoms with van der Waals surface area (Å²) in [6, 6.07) is 0. The van der Waals surface area contributed by atoms with E-state index in [9.17, 15) is 4.79 Å². The molecule has 0 fully saturated rings. The molecule has 0 rings (SSSR count). The van der Waals surface area contributed by atoms with E-state index < -0.39 is 12.1 Å². The van der Waals surface area contributed by atoms with Crippen molar-refractivity contribution in [3.05, 3.63) is 23.3 Å². The van der Waals surface area contributed by atoms with E-state index in [2.05, 4.69) is 0 Å². The van der Waals surface area contributed by atoms with Gasteiger partial charge in [0.2, 0.25) is 0 Å². The second-order valence-corrected chi connectivity index (χ2v) is 3.24. The maximum Gasteiger partial charge on any atom is 0.331 e. The van der Waals surface area contributed by atoms with Gasteiger partial charge in [-0.05, 0) is 19.9 Å². The number of carboxylic acid groups (broad SMARTS) is 1. The summed E-state index contributed by atoms with van der Waals surface area (Å²) in [5.74, 6) is -0.994. The quantitative estimate of drug-likeness (QED) is 0.324. The van der Waals surface area contributed by atoms with Gasteiger partial charge in [-0.2, -0.15) is 0 Å². The molecule has 17 heavy (non-hydrogen) atoms. The molecule has 6 heteroatoms. The van der Waals surface area contributed by atoms with Crippen molar-refractivity contribution >= 4 is 5.97 Å². The minimum Gasteiger partial charge on any atom is -0.478 e. The topological polar surface area (TPSA) is 118 Å². The summed E-state index contributed by atoms with van der Waals surface area (Å²) in [6.45, 7) is 2.51. The van der Waals surface area contributed by atoms with Gasteiger partial charge in [0.1, 0.15) is 0 Å². The summed E-state index contributed by atoms with van der Waals surface area (Å²) in [5.41, 5.74) is 0.806. The minimum absolute atomic E-state index is 0.125. The summed E-state index contributed by atoms with van der Waals surface area (Å²) in [5, 5.41) is 41.2. The van der Waals surface area contributed by atoms with Crippen LogP contribution in [0.1, 0.15) is 13.8 Å². The average Bonchev–Trinajstić information content (AvgIpc) is 2.28. The fourth-order valence-electron chi connectivity index (χ4n) is 0.808. The molecule has 0 bridgehead atoms. The largest absolute Gasteiger partial charge is 0.478 e. The van der Waals surface area contributed by atoms with Crippen LogP contribution < -0.4 is 0 Å². The number of aliphatic carboxylic acids is 1. The molecule has 0 heterocycles. The van der Waals surface area contributed by atoms with Crippen molar-refractivity contribution in [2.45, 2.75) is 20.0 Å². The molecule has 0 aliphatic rings. The number of hydrogen-bond donors (Lipinski definition) is 5. The second kappa shape index (κ2) is 11.3. The highest BCUT2D eigenvalue weighted by molar-refractivity contribution is 5.86. The summed E-state index contributed by atoms with van der Waals surface area (Å²) in [6.07, 6.45) is 1.89. The molecule has 1 atom stereocenters. The monoisotopic (exact) mass is 248 g/mol. The highest BCUT2D eigenvalue weighted by atomic mass is 16.4. The Kier molecular flexibility index (Phi) is 12.1. The van der Waals surface area contributed by atoms with Crippen LogP contribution in [0.15, 0.2) is 23.3 Å². The Bertz CT molecular complexity index is 267. The number of aliphatic hydroxyl groups is 4. The highest BCUT2D eigenvalue weighted by Crippen LogP contribution is 2.03. The molecule has 5 N–H and O–H groups in total. The number of hydrogen-bond acceptors (Lipinski definition) is 5. The van der Waals surface area contributed by atoms with Crippen LogP contribution in [0.4, 0.5) is 0 Å². The minimum atomic E-state index is -0.994. The molecule has 6 nitrogen and oxygen atoms in total. The predicted octanol–water partition coefficient (Wildman–Crippen LogP) is -0.712. The zero-order chi connectivity index (χ0) is 13.8. The van der Waals surface area contributed by atoms with Gasteiger partial charge in [0.25, 0.3) is 0 Å². The smallest absolute Gasteiger partial charge is 0.331 e. The lowest BCUT2D eigenvalue weighted by Gasteiger charge is -2.01. The van der Waals surface area contributed by atoms with Crippen molar-refractivity contribution in [2.24, 2.45) is 0 Å². The molecule has 0 aliphatic heterocycles. The fraction of sp³-hybridized carbons (Fsp3) is 0.545. The Hall–Kier alpha value is -1.21. The molecule has 0 amide bonds. The number of aliphatic hydroxyl groups excluding tert-OH is 4. The zero-order valence-corrected chi connectivity index (χ0v) is 10.00. The highest BCUT2D eigenvalue weighted by Gasteiger charge is 2.00. The molecular weight excluding hydrogens is 228 g/mol. The van der Waals surface area contributed by atoms with Gasteiger partial charge >= 0.3 is 5.97 Å². The van der Waals surface area contributed by atoms with Crippen molar-refractivity contribution in [3.8, 4) is 0 Å². The molecular formula is C11H20O6. The molecule has 0 aromatic carbocycles. The van der Waals surface area contributed by atoms with E-state index in [4.69, 9.17) is 25.5 Å². The standard InChI is InChI=1S/C9H14O4.C2H6O2/c1-6(4-8(11)5-10)3-7(2)9(12)13;3-1-2-4/h3-4,8,10-11H,5H2,1-2H3,(H,12,13);3-4H,1-2H2. The Balaban J connectivity index is 0. The van der Waals surface area contributed by atoms with Gasteiger partial charge in [-0.3, -0.25) is 0 Å². The summed E-state index contributed by atoms with van der Waals surface area (Å²) < 4.78 is 0. The van der Waals surface area contributed by atoms with Crippen LogP contribution in [0.5, 0.6) is 0 Å². The van der Waals surface area contributed by atoms with Gasteiger partial charge in [-0.25, -0.2) is 4.79 Å². The van der Waals surface area contributed by atoms with Crippen LogP contribution in [0.2, 0.25) is 0 Å². The molecule has 0 aromatic rings. The molecule has 0 aliphatic carbocycles. The van der Waals surface area contributed by atoms with E-state index in [1.54, 1.807) is 6.92 Å². The van der Waals surface area contributed by atoms with Gasteiger partial charge in [0, 0.05) is 5.57 Å². The molecule has 100 valence electrons. The molecule has 0 aromatic heterocycles. The first kappa shape index (κ1) is 18.2. The lowest BCUT2D eigenvalue weighted by Crippen LogP contribution is -2.08. The van der Waals surface area contributed by atoms with E-state index in [-0.39, 0.29) is 25.4 Å². The van der Waals surface area contributed by atoms with Crippen LogP contribution >= 0.6 is 0 Å². The van der Waals surface area contributed by atoms with Crippen molar-refractivity contribution in [3.63, 3.8) is 0 Å². The lowest BCUT2D eigenvalue weighted by molar-refractivity contribution is -0.132. The van der Waals surface area contributed by atoms with Crippen LogP contribution in [0, 0.1) is 0 Å². The molecule has 0 saturated heterocycles. The molecule has 0 spiro atoms. The van der Waals surface area contributed by atoms with E-state index in [0.29, 0.717) is 5.57 Å². The van der Waals surface area contributed by atoms with E-state index in [1.165, 1.54) is 19.1 Å². The number of allylic oxidation sites excluding steroid dienone is 2. The van der Waals surface area contributed by atoms with Crippen LogP contribution in [0.25, 0.3) is 0 Å². The van der Waals surface area contributed by atoms with Crippen molar-refractivity contribution in [1.82, 2.24) is 0 Å². The Morgan fingerprint density at radius 3 is 1.94 bits per heavy atom. The van der Waals surface area contributed by atoms with Crippen molar-refractivity contribution < 1.29 is 30.3 Å². The Labute approximate surface area is 100 Å². The third-order valence-electron chi connectivity index (χ3n) is 1.52. The lowest BCUT2D eigenvalue weighted by atomic mass is 10.1.